The Morgan fingerprint density at radius 1 is 1.08 bits per heavy atom. The van der Waals surface area contributed by atoms with Gasteiger partial charge in [-0.05, 0) is 44.7 Å². The smallest absolute Gasteiger partial charge is 0.268 e. The number of piperidine rings is 1. The molecule has 1 saturated heterocycles. The van der Waals surface area contributed by atoms with Crippen LogP contribution in [0.3, 0.4) is 0 Å². The molecule has 2 heterocycles. The fraction of sp³-hybridized carbons (Fsp3) is 0.400. The normalized spacial score (nSPS) is 15.5. The summed E-state index contributed by atoms with van der Waals surface area (Å²) in [5.74, 6) is 0.903. The quantitative estimate of drug-likeness (QED) is 0.809. The van der Waals surface area contributed by atoms with Crippen LogP contribution in [0.5, 0.6) is 0 Å². The van der Waals surface area contributed by atoms with E-state index in [2.05, 4.69) is 10.9 Å². The molecule has 2 aromatic rings. The van der Waals surface area contributed by atoms with Gasteiger partial charge in [-0.3, -0.25) is 15.0 Å². The molecule has 0 unspecified atom stereocenters. The number of hydrazine groups is 1. The summed E-state index contributed by atoms with van der Waals surface area (Å²) in [6, 6.07) is 10.5. The first-order valence-corrected chi connectivity index (χ1v) is 9.03. The van der Waals surface area contributed by atoms with Gasteiger partial charge in [0.1, 0.15) is 17.6 Å². The Kier molecular flexibility index (Phi) is 5.73. The van der Waals surface area contributed by atoms with Crippen molar-refractivity contribution in [3.63, 3.8) is 0 Å². The lowest BCUT2D eigenvalue weighted by molar-refractivity contribution is -0.134. The topological polar surface area (TPSA) is 74.6 Å². The number of benzene rings is 1. The summed E-state index contributed by atoms with van der Waals surface area (Å²) in [5, 5.41) is 0. The standard InChI is InChI=1S/C20H25N3O3/c1-14-13-17(15(2)26-14)19(24)22-21-18(16-9-5-3-6-10-16)20(25)23-11-7-4-8-12-23/h3,5-6,9-10,13,18,21H,4,7-8,11-12H2,1-2H3,(H,22,24)/t18-/m1/s1. The van der Waals surface area contributed by atoms with E-state index in [1.165, 1.54) is 0 Å². The highest BCUT2D eigenvalue weighted by molar-refractivity contribution is 5.95. The number of nitrogens with one attached hydrogen (secondary N) is 2. The summed E-state index contributed by atoms with van der Waals surface area (Å²) in [5.41, 5.74) is 6.90. The van der Waals surface area contributed by atoms with Gasteiger partial charge in [-0.25, -0.2) is 5.43 Å². The summed E-state index contributed by atoms with van der Waals surface area (Å²) >= 11 is 0. The van der Waals surface area contributed by atoms with Crippen LogP contribution >= 0.6 is 0 Å². The molecule has 6 heteroatoms. The van der Waals surface area contributed by atoms with E-state index in [1.807, 2.05) is 35.2 Å². The molecule has 1 fully saturated rings. The van der Waals surface area contributed by atoms with Crippen molar-refractivity contribution >= 4 is 11.8 Å². The molecule has 2 N–H and O–H groups in total. The molecule has 0 saturated carbocycles. The number of aryl methyl sites for hydroxylation is 2. The average Bonchev–Trinajstić information content (AvgIpc) is 3.01. The number of likely N-dealkylation sites (tertiary alicyclic amines) is 1. The summed E-state index contributed by atoms with van der Waals surface area (Å²) < 4.78 is 5.41. The van der Waals surface area contributed by atoms with Gasteiger partial charge in [-0.2, -0.15) is 0 Å². The van der Waals surface area contributed by atoms with Crippen LogP contribution in [0.2, 0.25) is 0 Å². The number of rotatable bonds is 5. The SMILES string of the molecule is Cc1cc(C(=O)NN[C@@H](C(=O)N2CCCCC2)c2ccccc2)c(C)o1. The van der Waals surface area contributed by atoms with Crippen LogP contribution in [-0.4, -0.2) is 29.8 Å². The number of carbonyl (C=O) groups is 2. The minimum atomic E-state index is -0.619. The van der Waals surface area contributed by atoms with Crippen LogP contribution in [0.1, 0.15) is 52.7 Å². The molecule has 26 heavy (non-hydrogen) atoms. The monoisotopic (exact) mass is 355 g/mol. The molecule has 0 radical (unpaired) electrons. The number of hydrogen-bond donors (Lipinski definition) is 2. The van der Waals surface area contributed by atoms with Crippen molar-refractivity contribution in [1.29, 1.82) is 0 Å². The molecular formula is C20H25N3O3. The van der Waals surface area contributed by atoms with Gasteiger partial charge in [0.25, 0.3) is 5.91 Å². The van der Waals surface area contributed by atoms with Gasteiger partial charge in [0.2, 0.25) is 5.91 Å². The van der Waals surface area contributed by atoms with Crippen molar-refractivity contribution in [3.8, 4) is 0 Å². The van der Waals surface area contributed by atoms with Crippen LogP contribution in [0, 0.1) is 13.8 Å². The molecule has 1 atom stereocenters. The highest BCUT2D eigenvalue weighted by Gasteiger charge is 2.27. The summed E-state index contributed by atoms with van der Waals surface area (Å²) in [7, 11) is 0. The van der Waals surface area contributed by atoms with Gasteiger partial charge < -0.3 is 9.32 Å². The molecule has 2 amide bonds. The third kappa shape index (κ3) is 4.14. The maximum absolute atomic E-state index is 13.0. The van der Waals surface area contributed by atoms with Crippen LogP contribution in [0.25, 0.3) is 0 Å². The maximum atomic E-state index is 13.0. The van der Waals surface area contributed by atoms with Crippen molar-refractivity contribution in [1.82, 2.24) is 15.8 Å². The first-order chi connectivity index (χ1) is 12.6. The van der Waals surface area contributed by atoms with Crippen LogP contribution in [0.4, 0.5) is 0 Å². The second-order valence-corrected chi connectivity index (χ2v) is 6.66. The number of amides is 2. The molecule has 1 aliphatic rings. The average molecular weight is 355 g/mol. The molecule has 1 aliphatic heterocycles. The van der Waals surface area contributed by atoms with E-state index in [4.69, 9.17) is 4.42 Å². The molecule has 6 nitrogen and oxygen atoms in total. The van der Waals surface area contributed by atoms with E-state index in [0.717, 1.165) is 37.9 Å². The van der Waals surface area contributed by atoms with Crippen molar-refractivity contribution in [2.75, 3.05) is 13.1 Å². The van der Waals surface area contributed by atoms with E-state index >= 15 is 0 Å². The third-order valence-corrected chi connectivity index (χ3v) is 4.66. The molecule has 3 rings (SSSR count). The predicted molar refractivity (Wildman–Crippen MR) is 98.4 cm³/mol. The number of nitrogens with zero attached hydrogens (tertiary/aromatic N) is 1. The number of hydrogen-bond acceptors (Lipinski definition) is 4. The van der Waals surface area contributed by atoms with Crippen molar-refractivity contribution < 1.29 is 14.0 Å². The first-order valence-electron chi connectivity index (χ1n) is 9.03. The molecule has 0 bridgehead atoms. The van der Waals surface area contributed by atoms with E-state index in [9.17, 15) is 9.59 Å². The zero-order chi connectivity index (χ0) is 18.5. The Morgan fingerprint density at radius 2 is 1.77 bits per heavy atom. The molecule has 0 spiro atoms. The predicted octanol–water partition coefficient (Wildman–Crippen LogP) is 2.88. The highest BCUT2D eigenvalue weighted by atomic mass is 16.3. The summed E-state index contributed by atoms with van der Waals surface area (Å²) in [4.78, 5) is 27.3. The Hall–Kier alpha value is -2.60. The van der Waals surface area contributed by atoms with Crippen LogP contribution in [0.15, 0.2) is 40.8 Å². The molecule has 1 aromatic heterocycles. The lowest BCUT2D eigenvalue weighted by Gasteiger charge is -2.31. The Bertz CT molecular complexity index is 764. The highest BCUT2D eigenvalue weighted by Crippen LogP contribution is 2.19. The van der Waals surface area contributed by atoms with Gasteiger partial charge in [-0.15, -0.1) is 0 Å². The Balaban J connectivity index is 1.74. The second-order valence-electron chi connectivity index (χ2n) is 6.66. The fourth-order valence-corrected chi connectivity index (χ4v) is 3.29. The summed E-state index contributed by atoms with van der Waals surface area (Å²) in [6.45, 7) is 5.06. The van der Waals surface area contributed by atoms with Gasteiger partial charge in [0.15, 0.2) is 0 Å². The van der Waals surface area contributed by atoms with Crippen molar-refractivity contribution in [2.45, 2.75) is 39.2 Å². The van der Waals surface area contributed by atoms with Crippen LogP contribution < -0.4 is 10.9 Å². The van der Waals surface area contributed by atoms with Crippen molar-refractivity contribution in [2.24, 2.45) is 0 Å². The number of carbonyl (C=O) groups excluding carboxylic acids is 2. The minimum Gasteiger partial charge on any atom is -0.466 e. The molecule has 1 aromatic carbocycles. The summed E-state index contributed by atoms with van der Waals surface area (Å²) in [6.07, 6.45) is 3.20. The van der Waals surface area contributed by atoms with E-state index in [0.29, 0.717) is 17.1 Å². The lowest BCUT2D eigenvalue weighted by atomic mass is 10.0. The van der Waals surface area contributed by atoms with E-state index in [1.54, 1.807) is 19.9 Å². The van der Waals surface area contributed by atoms with Gasteiger partial charge in [-0.1, -0.05) is 30.3 Å². The molecular weight excluding hydrogens is 330 g/mol. The van der Waals surface area contributed by atoms with E-state index < -0.39 is 6.04 Å². The molecule has 138 valence electrons. The Morgan fingerprint density at radius 3 is 2.38 bits per heavy atom. The first kappa shape index (κ1) is 18.2. The fourth-order valence-electron chi connectivity index (χ4n) is 3.29. The maximum Gasteiger partial charge on any atom is 0.268 e. The van der Waals surface area contributed by atoms with E-state index in [-0.39, 0.29) is 11.8 Å². The second kappa shape index (κ2) is 8.19. The zero-order valence-electron chi connectivity index (χ0n) is 15.2. The van der Waals surface area contributed by atoms with Gasteiger partial charge >= 0.3 is 0 Å². The number of furan rings is 1. The molecule has 0 aliphatic carbocycles. The van der Waals surface area contributed by atoms with Gasteiger partial charge in [0, 0.05) is 13.1 Å². The van der Waals surface area contributed by atoms with Crippen molar-refractivity contribution in [3.05, 3.63) is 59.0 Å². The van der Waals surface area contributed by atoms with Gasteiger partial charge in [0.05, 0.1) is 5.56 Å². The Labute approximate surface area is 153 Å². The van der Waals surface area contributed by atoms with Crippen LogP contribution in [-0.2, 0) is 4.79 Å². The zero-order valence-corrected chi connectivity index (χ0v) is 15.2. The minimum absolute atomic E-state index is 0.0173. The third-order valence-electron chi connectivity index (χ3n) is 4.66. The lowest BCUT2D eigenvalue weighted by Crippen LogP contribution is -2.48. The largest absolute Gasteiger partial charge is 0.466 e.